The molecule has 7 heteroatoms. The molecule has 156 valence electrons. The van der Waals surface area contributed by atoms with Crippen molar-refractivity contribution < 1.29 is 19.4 Å². The summed E-state index contributed by atoms with van der Waals surface area (Å²) in [6.07, 6.45) is 3.17. The number of aliphatic hydroxyl groups is 1. The lowest BCUT2D eigenvalue weighted by Gasteiger charge is -2.32. The van der Waals surface area contributed by atoms with Crippen LogP contribution in [0.1, 0.15) is 24.8 Å². The summed E-state index contributed by atoms with van der Waals surface area (Å²) in [6, 6.07) is 5.84. The van der Waals surface area contributed by atoms with Gasteiger partial charge in [0.15, 0.2) is 11.5 Å². The Labute approximate surface area is 167 Å². The topological polar surface area (TPSA) is 65.5 Å². The normalized spacial score (nSPS) is 20.2. The van der Waals surface area contributed by atoms with Gasteiger partial charge in [0, 0.05) is 33.2 Å². The Hall–Kier alpha value is -1.83. The van der Waals surface area contributed by atoms with Crippen molar-refractivity contribution in [3.63, 3.8) is 0 Å². The lowest BCUT2D eigenvalue weighted by atomic mass is 10.1. The maximum Gasteiger partial charge on any atom is 0.236 e. The molecular formula is C21H33N3O4. The summed E-state index contributed by atoms with van der Waals surface area (Å²) in [5, 5.41) is 10.4. The highest BCUT2D eigenvalue weighted by molar-refractivity contribution is 5.78. The van der Waals surface area contributed by atoms with Gasteiger partial charge in [0.2, 0.25) is 5.91 Å². The summed E-state index contributed by atoms with van der Waals surface area (Å²) < 4.78 is 11.3. The fourth-order valence-corrected chi connectivity index (χ4v) is 3.81. The van der Waals surface area contributed by atoms with E-state index in [-0.39, 0.29) is 12.5 Å². The smallest absolute Gasteiger partial charge is 0.236 e. The van der Waals surface area contributed by atoms with Gasteiger partial charge in [-0.05, 0) is 43.6 Å². The number of aliphatic hydroxyl groups excluding tert-OH is 1. The fraction of sp³-hybridized carbons (Fsp3) is 0.667. The molecule has 7 nitrogen and oxygen atoms in total. The predicted octanol–water partition coefficient (Wildman–Crippen LogP) is 1.19. The van der Waals surface area contributed by atoms with E-state index in [2.05, 4.69) is 9.80 Å². The Morgan fingerprint density at radius 1 is 1.07 bits per heavy atom. The number of piperidine rings is 1. The SMILES string of the molecule is COc1ccc(CN2CCN(C)C(=O)C2)cc1OCC(O)CN1CCCCC1. The zero-order chi connectivity index (χ0) is 19.9. The van der Waals surface area contributed by atoms with E-state index < -0.39 is 6.10 Å². The maximum absolute atomic E-state index is 11.9. The van der Waals surface area contributed by atoms with Crippen LogP contribution >= 0.6 is 0 Å². The Kier molecular flexibility index (Phi) is 7.53. The molecule has 0 aliphatic carbocycles. The van der Waals surface area contributed by atoms with Crippen molar-refractivity contribution in [2.45, 2.75) is 31.9 Å². The van der Waals surface area contributed by atoms with Gasteiger partial charge < -0.3 is 24.4 Å². The summed E-state index contributed by atoms with van der Waals surface area (Å²) >= 11 is 0. The molecule has 1 aromatic rings. The van der Waals surface area contributed by atoms with E-state index in [1.807, 2.05) is 25.2 Å². The van der Waals surface area contributed by atoms with E-state index in [0.29, 0.717) is 31.1 Å². The molecule has 2 fully saturated rings. The average molecular weight is 392 g/mol. The van der Waals surface area contributed by atoms with Gasteiger partial charge in [0.25, 0.3) is 0 Å². The highest BCUT2D eigenvalue weighted by Gasteiger charge is 2.21. The molecule has 1 aromatic carbocycles. The Morgan fingerprint density at radius 3 is 2.57 bits per heavy atom. The first-order chi connectivity index (χ1) is 13.5. The first-order valence-electron chi connectivity index (χ1n) is 10.2. The molecule has 2 aliphatic rings. The minimum atomic E-state index is -0.526. The molecule has 0 bridgehead atoms. The van der Waals surface area contributed by atoms with Crippen LogP contribution in [-0.2, 0) is 11.3 Å². The number of benzene rings is 1. The largest absolute Gasteiger partial charge is 0.493 e. The molecule has 1 N–H and O–H groups in total. The van der Waals surface area contributed by atoms with Gasteiger partial charge in [-0.3, -0.25) is 9.69 Å². The standard InChI is InChI=1S/C21H33N3O4/c1-22-10-11-24(15-21(22)26)13-17-6-7-19(27-2)20(12-17)28-16-18(25)14-23-8-4-3-5-9-23/h6-7,12,18,25H,3-5,8-11,13-16H2,1-2H3. The number of carbonyl (C=O) groups is 1. The molecule has 0 aromatic heterocycles. The minimum absolute atomic E-state index is 0.150. The Bertz CT molecular complexity index is 649. The van der Waals surface area contributed by atoms with Gasteiger partial charge in [0.05, 0.1) is 13.7 Å². The van der Waals surface area contributed by atoms with Crippen molar-refractivity contribution in [3.8, 4) is 11.5 Å². The monoisotopic (exact) mass is 391 g/mol. The number of piperazine rings is 1. The number of hydrogen-bond donors (Lipinski definition) is 1. The van der Waals surface area contributed by atoms with E-state index in [9.17, 15) is 9.90 Å². The Balaban J connectivity index is 1.55. The highest BCUT2D eigenvalue weighted by atomic mass is 16.5. The number of likely N-dealkylation sites (tertiary alicyclic amines) is 1. The molecule has 2 saturated heterocycles. The van der Waals surface area contributed by atoms with E-state index in [1.54, 1.807) is 12.0 Å². The third-order valence-corrected chi connectivity index (χ3v) is 5.52. The first kappa shape index (κ1) is 20.9. The van der Waals surface area contributed by atoms with Gasteiger partial charge in [-0.2, -0.15) is 0 Å². The molecule has 2 aliphatic heterocycles. The molecule has 1 unspecified atom stereocenters. The van der Waals surface area contributed by atoms with E-state index in [1.165, 1.54) is 19.3 Å². The van der Waals surface area contributed by atoms with Crippen LogP contribution in [0.2, 0.25) is 0 Å². The minimum Gasteiger partial charge on any atom is -0.493 e. The van der Waals surface area contributed by atoms with Gasteiger partial charge in [-0.25, -0.2) is 0 Å². The van der Waals surface area contributed by atoms with Crippen LogP contribution in [0.3, 0.4) is 0 Å². The maximum atomic E-state index is 11.9. The fourth-order valence-electron chi connectivity index (χ4n) is 3.81. The van der Waals surface area contributed by atoms with Gasteiger partial charge in [-0.1, -0.05) is 12.5 Å². The average Bonchev–Trinajstić information content (AvgIpc) is 2.70. The van der Waals surface area contributed by atoms with Crippen LogP contribution in [0.4, 0.5) is 0 Å². The van der Waals surface area contributed by atoms with Crippen molar-refractivity contribution >= 4 is 5.91 Å². The second-order valence-corrected chi connectivity index (χ2v) is 7.84. The number of amides is 1. The third kappa shape index (κ3) is 5.83. The van der Waals surface area contributed by atoms with Crippen molar-refractivity contribution in [1.29, 1.82) is 0 Å². The molecule has 3 rings (SSSR count). The summed E-state index contributed by atoms with van der Waals surface area (Å²) in [4.78, 5) is 18.1. The van der Waals surface area contributed by atoms with Crippen LogP contribution in [-0.4, -0.2) is 91.9 Å². The lowest BCUT2D eigenvalue weighted by Crippen LogP contribution is -2.47. The zero-order valence-corrected chi connectivity index (χ0v) is 17.1. The molecule has 2 heterocycles. The van der Waals surface area contributed by atoms with Crippen molar-refractivity contribution in [3.05, 3.63) is 23.8 Å². The molecule has 0 saturated carbocycles. The first-order valence-corrected chi connectivity index (χ1v) is 10.2. The predicted molar refractivity (Wildman–Crippen MR) is 108 cm³/mol. The molecule has 1 amide bonds. The summed E-state index contributed by atoms with van der Waals surface area (Å²) in [7, 11) is 3.46. The third-order valence-electron chi connectivity index (χ3n) is 5.52. The highest BCUT2D eigenvalue weighted by Crippen LogP contribution is 2.29. The number of methoxy groups -OCH3 is 1. The molecule has 0 spiro atoms. The van der Waals surface area contributed by atoms with Crippen LogP contribution in [0.25, 0.3) is 0 Å². The van der Waals surface area contributed by atoms with Crippen LogP contribution < -0.4 is 9.47 Å². The molecular weight excluding hydrogens is 358 g/mol. The van der Waals surface area contributed by atoms with Crippen LogP contribution in [0.5, 0.6) is 11.5 Å². The zero-order valence-electron chi connectivity index (χ0n) is 17.1. The molecule has 0 radical (unpaired) electrons. The molecule has 1 atom stereocenters. The molecule has 28 heavy (non-hydrogen) atoms. The Morgan fingerprint density at radius 2 is 1.86 bits per heavy atom. The van der Waals surface area contributed by atoms with Crippen molar-refractivity contribution in [1.82, 2.24) is 14.7 Å². The summed E-state index contributed by atoms with van der Waals surface area (Å²) in [5.74, 6) is 1.44. The number of ether oxygens (including phenoxy) is 2. The number of carbonyl (C=O) groups excluding carboxylic acids is 1. The van der Waals surface area contributed by atoms with Gasteiger partial charge >= 0.3 is 0 Å². The lowest BCUT2D eigenvalue weighted by molar-refractivity contribution is -0.134. The summed E-state index contributed by atoms with van der Waals surface area (Å²) in [5.41, 5.74) is 1.07. The van der Waals surface area contributed by atoms with Gasteiger partial charge in [0.1, 0.15) is 12.7 Å². The van der Waals surface area contributed by atoms with E-state index >= 15 is 0 Å². The number of β-amino-alcohol motifs (C(OH)–C–C–N with tert-alkyl or cyclic N) is 1. The van der Waals surface area contributed by atoms with Crippen molar-refractivity contribution in [2.24, 2.45) is 0 Å². The van der Waals surface area contributed by atoms with Gasteiger partial charge in [-0.15, -0.1) is 0 Å². The quantitative estimate of drug-likeness (QED) is 0.718. The number of rotatable bonds is 8. The second kappa shape index (κ2) is 10.1. The number of likely N-dealkylation sites (N-methyl/N-ethyl adjacent to an activating group) is 1. The summed E-state index contributed by atoms with van der Waals surface area (Å²) in [6.45, 7) is 5.73. The van der Waals surface area contributed by atoms with E-state index in [4.69, 9.17) is 9.47 Å². The number of hydrogen-bond acceptors (Lipinski definition) is 6. The number of nitrogens with zero attached hydrogens (tertiary/aromatic N) is 3. The van der Waals surface area contributed by atoms with Crippen molar-refractivity contribution in [2.75, 3.05) is 60.0 Å². The van der Waals surface area contributed by atoms with E-state index in [0.717, 1.165) is 31.7 Å². The van der Waals surface area contributed by atoms with Crippen LogP contribution in [0.15, 0.2) is 18.2 Å². The van der Waals surface area contributed by atoms with Crippen LogP contribution in [0, 0.1) is 0 Å². The second-order valence-electron chi connectivity index (χ2n) is 7.84.